The molecule has 0 unspecified atom stereocenters. The van der Waals surface area contributed by atoms with E-state index in [2.05, 4.69) is 15.0 Å². The van der Waals surface area contributed by atoms with Gasteiger partial charge in [0.05, 0.1) is 10.9 Å². The van der Waals surface area contributed by atoms with E-state index in [0.29, 0.717) is 22.4 Å². The quantitative estimate of drug-likeness (QED) is 0.569. The minimum absolute atomic E-state index is 0.204. The first-order valence-corrected chi connectivity index (χ1v) is 7.08. The molecule has 0 aliphatic rings. The zero-order valence-electron chi connectivity index (χ0n) is 12.3. The first kappa shape index (κ1) is 13.4. The van der Waals surface area contributed by atoms with Crippen LogP contribution in [0.25, 0.3) is 28.3 Å². The van der Waals surface area contributed by atoms with Crippen molar-refractivity contribution >= 4 is 10.9 Å². The monoisotopic (exact) mass is 304 g/mol. The van der Waals surface area contributed by atoms with E-state index in [1.807, 2.05) is 31.2 Å². The Morgan fingerprint density at radius 2 is 1.96 bits per heavy atom. The smallest absolute Gasteiger partial charge is 0.347 e. The first-order chi connectivity index (χ1) is 11.2. The van der Waals surface area contributed by atoms with Gasteiger partial charge in [0.15, 0.2) is 0 Å². The molecule has 0 saturated heterocycles. The van der Waals surface area contributed by atoms with Crippen LogP contribution in [-0.2, 0) is 0 Å². The van der Waals surface area contributed by atoms with Crippen molar-refractivity contribution < 1.29 is 4.42 Å². The zero-order valence-corrected chi connectivity index (χ0v) is 12.3. The normalized spacial score (nSPS) is 11.0. The van der Waals surface area contributed by atoms with Gasteiger partial charge in [0.2, 0.25) is 5.89 Å². The van der Waals surface area contributed by atoms with Crippen LogP contribution in [0.5, 0.6) is 0 Å². The van der Waals surface area contributed by atoms with Crippen molar-refractivity contribution in [2.24, 2.45) is 0 Å². The summed E-state index contributed by atoms with van der Waals surface area (Å²) in [5.74, 6) is 0.879. The van der Waals surface area contributed by atoms with Crippen molar-refractivity contribution in [1.82, 2.24) is 19.5 Å². The van der Waals surface area contributed by atoms with E-state index < -0.39 is 5.63 Å². The van der Waals surface area contributed by atoms with E-state index in [1.165, 1.54) is 0 Å². The van der Waals surface area contributed by atoms with Crippen molar-refractivity contribution in [3.8, 4) is 17.4 Å². The fraction of sp³-hybridized carbons (Fsp3) is 0.0588. The molecule has 0 fully saturated rings. The second-order valence-electron chi connectivity index (χ2n) is 5.13. The van der Waals surface area contributed by atoms with Gasteiger partial charge in [-0.05, 0) is 30.7 Å². The predicted octanol–water partition coefficient (Wildman–Crippen LogP) is 2.74. The summed E-state index contributed by atoms with van der Waals surface area (Å²) in [6.45, 7) is 1.86. The van der Waals surface area contributed by atoms with Gasteiger partial charge in [-0.3, -0.25) is 4.57 Å². The Hall–Kier alpha value is -3.28. The molecule has 6 nitrogen and oxygen atoms in total. The molecular formula is C17H12N4O2. The summed E-state index contributed by atoms with van der Waals surface area (Å²) in [6, 6.07) is 11.0. The van der Waals surface area contributed by atoms with Gasteiger partial charge in [-0.2, -0.15) is 0 Å². The molecule has 0 aliphatic carbocycles. The van der Waals surface area contributed by atoms with Crippen molar-refractivity contribution in [2.75, 3.05) is 0 Å². The molecule has 0 N–H and O–H groups in total. The molecule has 112 valence electrons. The fourth-order valence-corrected chi connectivity index (χ4v) is 2.47. The SMILES string of the molecule is Cc1cccc2nc(-c3cccc(-n4ccnc4)n3)oc(=O)c12. The third-order valence-corrected chi connectivity index (χ3v) is 3.59. The summed E-state index contributed by atoms with van der Waals surface area (Å²) in [7, 11) is 0. The molecular weight excluding hydrogens is 292 g/mol. The average molecular weight is 304 g/mol. The Balaban J connectivity index is 1.90. The summed E-state index contributed by atoms with van der Waals surface area (Å²) < 4.78 is 7.15. The lowest BCUT2D eigenvalue weighted by Gasteiger charge is -2.05. The third-order valence-electron chi connectivity index (χ3n) is 3.59. The highest BCUT2D eigenvalue weighted by Crippen LogP contribution is 2.19. The molecule has 0 amide bonds. The van der Waals surface area contributed by atoms with E-state index in [9.17, 15) is 4.79 Å². The van der Waals surface area contributed by atoms with E-state index in [1.54, 1.807) is 35.4 Å². The summed E-state index contributed by atoms with van der Waals surface area (Å²) in [5, 5.41) is 0.502. The van der Waals surface area contributed by atoms with Crippen LogP contribution in [0.4, 0.5) is 0 Å². The number of aryl methyl sites for hydroxylation is 1. The number of benzene rings is 1. The Morgan fingerprint density at radius 3 is 2.78 bits per heavy atom. The maximum Gasteiger partial charge on any atom is 0.347 e. The lowest BCUT2D eigenvalue weighted by atomic mass is 10.1. The highest BCUT2D eigenvalue weighted by Gasteiger charge is 2.12. The highest BCUT2D eigenvalue weighted by molar-refractivity contribution is 5.81. The average Bonchev–Trinajstić information content (AvgIpc) is 3.09. The van der Waals surface area contributed by atoms with Crippen LogP contribution in [0.2, 0.25) is 0 Å². The lowest BCUT2D eigenvalue weighted by molar-refractivity contribution is 0.515. The van der Waals surface area contributed by atoms with Crippen molar-refractivity contribution in [3.05, 3.63) is 71.1 Å². The van der Waals surface area contributed by atoms with Crippen LogP contribution < -0.4 is 5.63 Å². The van der Waals surface area contributed by atoms with Crippen LogP contribution >= 0.6 is 0 Å². The molecule has 1 aromatic carbocycles. The van der Waals surface area contributed by atoms with E-state index >= 15 is 0 Å². The lowest BCUT2D eigenvalue weighted by Crippen LogP contribution is -2.05. The number of pyridine rings is 1. The summed E-state index contributed by atoms with van der Waals surface area (Å²) in [6.07, 6.45) is 5.12. The summed E-state index contributed by atoms with van der Waals surface area (Å²) >= 11 is 0. The molecule has 0 aliphatic heterocycles. The number of rotatable bonds is 2. The van der Waals surface area contributed by atoms with Crippen LogP contribution in [0, 0.1) is 6.92 Å². The molecule has 0 saturated carbocycles. The van der Waals surface area contributed by atoms with E-state index in [-0.39, 0.29) is 5.89 Å². The molecule has 4 aromatic rings. The first-order valence-electron chi connectivity index (χ1n) is 7.08. The zero-order chi connectivity index (χ0) is 15.8. The number of nitrogens with zero attached hydrogens (tertiary/aromatic N) is 4. The van der Waals surface area contributed by atoms with Gasteiger partial charge in [-0.15, -0.1) is 0 Å². The standard InChI is InChI=1S/C17H12N4O2/c1-11-4-2-5-12-15(11)17(22)23-16(20-12)13-6-3-7-14(19-13)21-9-8-18-10-21/h2-10H,1H3. The number of imidazole rings is 1. The van der Waals surface area contributed by atoms with Gasteiger partial charge < -0.3 is 4.42 Å². The second-order valence-corrected chi connectivity index (χ2v) is 5.13. The molecule has 0 radical (unpaired) electrons. The van der Waals surface area contributed by atoms with Crippen LogP contribution in [0.3, 0.4) is 0 Å². The van der Waals surface area contributed by atoms with Crippen LogP contribution in [0.15, 0.2) is 64.3 Å². The predicted molar refractivity (Wildman–Crippen MR) is 85.4 cm³/mol. The van der Waals surface area contributed by atoms with Gasteiger partial charge in [-0.25, -0.2) is 19.7 Å². The van der Waals surface area contributed by atoms with Crippen molar-refractivity contribution in [3.63, 3.8) is 0 Å². The number of fused-ring (bicyclic) bond motifs is 1. The molecule has 3 heterocycles. The van der Waals surface area contributed by atoms with Crippen molar-refractivity contribution in [2.45, 2.75) is 6.92 Å². The molecule has 23 heavy (non-hydrogen) atoms. The minimum atomic E-state index is -0.405. The molecule has 3 aromatic heterocycles. The molecule has 0 spiro atoms. The van der Waals surface area contributed by atoms with Crippen LogP contribution in [-0.4, -0.2) is 19.5 Å². The minimum Gasteiger partial charge on any atom is -0.401 e. The van der Waals surface area contributed by atoms with E-state index in [0.717, 1.165) is 5.56 Å². The van der Waals surface area contributed by atoms with Gasteiger partial charge in [0, 0.05) is 12.4 Å². The number of hydrogen-bond acceptors (Lipinski definition) is 5. The van der Waals surface area contributed by atoms with Gasteiger partial charge >= 0.3 is 5.63 Å². The van der Waals surface area contributed by atoms with Gasteiger partial charge in [0.25, 0.3) is 0 Å². The third kappa shape index (κ3) is 2.30. The Labute approximate surface area is 131 Å². The van der Waals surface area contributed by atoms with Gasteiger partial charge in [-0.1, -0.05) is 18.2 Å². The molecule has 4 rings (SSSR count). The van der Waals surface area contributed by atoms with Gasteiger partial charge in [0.1, 0.15) is 17.8 Å². The largest absolute Gasteiger partial charge is 0.401 e. The summed E-state index contributed by atoms with van der Waals surface area (Å²) in [5.41, 5.74) is 1.54. The molecule has 6 heteroatoms. The number of hydrogen-bond donors (Lipinski definition) is 0. The van der Waals surface area contributed by atoms with E-state index in [4.69, 9.17) is 4.42 Å². The maximum atomic E-state index is 12.3. The highest BCUT2D eigenvalue weighted by atomic mass is 16.4. The molecule has 0 bridgehead atoms. The summed E-state index contributed by atoms with van der Waals surface area (Å²) in [4.78, 5) is 25.2. The number of aromatic nitrogens is 4. The fourth-order valence-electron chi connectivity index (χ4n) is 2.47. The second kappa shape index (κ2) is 5.17. The maximum absolute atomic E-state index is 12.3. The van der Waals surface area contributed by atoms with Crippen molar-refractivity contribution in [1.29, 1.82) is 0 Å². The topological polar surface area (TPSA) is 73.8 Å². The Morgan fingerprint density at radius 1 is 1.09 bits per heavy atom. The Bertz CT molecular complexity index is 1050. The Kier molecular flexibility index (Phi) is 3.01. The van der Waals surface area contributed by atoms with Crippen LogP contribution in [0.1, 0.15) is 5.56 Å². The molecule has 0 atom stereocenters.